The van der Waals surface area contributed by atoms with Gasteiger partial charge in [0.2, 0.25) is 0 Å². The number of methoxy groups -OCH3 is 1. The van der Waals surface area contributed by atoms with Gasteiger partial charge in [-0.1, -0.05) is 58.4 Å². The summed E-state index contributed by atoms with van der Waals surface area (Å²) in [4.78, 5) is 11.8. The van der Waals surface area contributed by atoms with Gasteiger partial charge in [-0.15, -0.1) is 0 Å². The van der Waals surface area contributed by atoms with E-state index in [1.165, 1.54) is 0 Å². The molecule has 6 heteroatoms. The van der Waals surface area contributed by atoms with E-state index in [4.69, 9.17) is 14.9 Å². The summed E-state index contributed by atoms with van der Waals surface area (Å²) in [6.45, 7) is 0.159. The molecule has 0 aliphatic carbocycles. The van der Waals surface area contributed by atoms with E-state index in [-0.39, 0.29) is 12.4 Å². The topological polar surface area (TPSA) is 71.4 Å². The Kier molecular flexibility index (Phi) is 6.17. The average Bonchev–Trinajstić information content (AvgIpc) is 2.60. The highest BCUT2D eigenvalue weighted by atomic mass is 79.9. The lowest BCUT2D eigenvalue weighted by atomic mass is 10.1. The zero-order valence-electron chi connectivity index (χ0n) is 12.6. The number of carbonyl (C=O) groups is 1. The van der Waals surface area contributed by atoms with Gasteiger partial charge < -0.3 is 9.47 Å². The van der Waals surface area contributed by atoms with Gasteiger partial charge in [-0.05, 0) is 11.6 Å². The van der Waals surface area contributed by atoms with Gasteiger partial charge in [0.15, 0.2) is 0 Å². The number of amidine groups is 1. The molecule has 2 aromatic rings. The number of hydrogen-bond acceptors (Lipinski definition) is 4. The summed E-state index contributed by atoms with van der Waals surface area (Å²) in [6, 6.07) is 14.7. The molecule has 0 atom stereocenters. The van der Waals surface area contributed by atoms with E-state index in [0.29, 0.717) is 16.6 Å². The number of carbonyl (C=O) groups excluding carboxylic acids is 1. The van der Waals surface area contributed by atoms with Gasteiger partial charge >= 0.3 is 6.09 Å². The molecule has 0 aromatic heterocycles. The molecule has 0 radical (unpaired) electrons. The highest BCUT2D eigenvalue weighted by molar-refractivity contribution is 9.08. The number of halogens is 1. The van der Waals surface area contributed by atoms with Gasteiger partial charge in [0, 0.05) is 16.5 Å². The number of alkyl carbamates (subject to hydrolysis) is 1. The lowest BCUT2D eigenvalue weighted by Crippen LogP contribution is -2.31. The lowest BCUT2D eigenvalue weighted by Gasteiger charge is -2.11. The van der Waals surface area contributed by atoms with Gasteiger partial charge in [-0.2, -0.15) is 0 Å². The third-order valence-electron chi connectivity index (χ3n) is 3.16. The molecule has 0 fully saturated rings. The van der Waals surface area contributed by atoms with Crippen molar-refractivity contribution in [1.29, 1.82) is 5.41 Å². The molecule has 0 saturated heterocycles. The molecule has 0 aliphatic rings. The first kappa shape index (κ1) is 17.0. The number of alkyl halides is 1. The predicted octanol–water partition coefficient (Wildman–Crippen LogP) is 3.84. The van der Waals surface area contributed by atoms with Crippen molar-refractivity contribution in [3.8, 4) is 5.75 Å². The van der Waals surface area contributed by atoms with Crippen LogP contribution in [-0.4, -0.2) is 19.0 Å². The van der Waals surface area contributed by atoms with Crippen LogP contribution in [0.4, 0.5) is 4.79 Å². The van der Waals surface area contributed by atoms with Crippen molar-refractivity contribution in [1.82, 2.24) is 5.32 Å². The number of amides is 1. The maximum absolute atomic E-state index is 11.8. The predicted molar refractivity (Wildman–Crippen MR) is 92.2 cm³/mol. The third-order valence-corrected chi connectivity index (χ3v) is 3.76. The average molecular weight is 377 g/mol. The summed E-state index contributed by atoms with van der Waals surface area (Å²) in [5, 5.41) is 11.0. The van der Waals surface area contributed by atoms with E-state index >= 15 is 0 Å². The number of benzene rings is 2. The Balaban J connectivity index is 1.94. The Morgan fingerprint density at radius 2 is 1.96 bits per heavy atom. The normalized spacial score (nSPS) is 10.0. The SMILES string of the molecule is COc1cc(C(=N)NC(=O)OCc2ccccc2)ccc1CBr. The minimum Gasteiger partial charge on any atom is -0.496 e. The summed E-state index contributed by atoms with van der Waals surface area (Å²) >= 11 is 3.37. The van der Waals surface area contributed by atoms with Crippen LogP contribution in [0, 0.1) is 5.41 Å². The summed E-state index contributed by atoms with van der Waals surface area (Å²) in [5.74, 6) is 0.617. The van der Waals surface area contributed by atoms with Crippen LogP contribution in [0.25, 0.3) is 0 Å². The minimum atomic E-state index is -0.664. The highest BCUT2D eigenvalue weighted by Crippen LogP contribution is 2.22. The van der Waals surface area contributed by atoms with E-state index in [9.17, 15) is 4.79 Å². The fourth-order valence-electron chi connectivity index (χ4n) is 1.94. The number of hydrogen-bond donors (Lipinski definition) is 2. The summed E-state index contributed by atoms with van der Waals surface area (Å²) in [7, 11) is 1.57. The number of ether oxygens (including phenoxy) is 2. The van der Waals surface area contributed by atoms with Gasteiger partial charge in [0.05, 0.1) is 7.11 Å². The van der Waals surface area contributed by atoms with Crippen LogP contribution in [0.3, 0.4) is 0 Å². The molecule has 23 heavy (non-hydrogen) atoms. The summed E-state index contributed by atoms with van der Waals surface area (Å²) < 4.78 is 10.4. The molecule has 1 amide bonds. The largest absolute Gasteiger partial charge is 0.496 e. The molecule has 0 spiro atoms. The molecule has 0 aliphatic heterocycles. The standard InChI is InChI=1S/C17H17BrN2O3/c1-22-15-9-13(7-8-14(15)10-18)16(19)20-17(21)23-11-12-5-3-2-4-6-12/h2-9H,10-11H2,1H3,(H2,19,20,21). The highest BCUT2D eigenvalue weighted by Gasteiger charge is 2.11. The Labute approximate surface area is 143 Å². The number of nitrogens with one attached hydrogen (secondary N) is 2. The Morgan fingerprint density at radius 3 is 2.61 bits per heavy atom. The second-order valence-electron chi connectivity index (χ2n) is 4.72. The quantitative estimate of drug-likeness (QED) is 0.473. The smallest absolute Gasteiger partial charge is 0.413 e. The van der Waals surface area contributed by atoms with Gasteiger partial charge in [-0.3, -0.25) is 10.7 Å². The van der Waals surface area contributed by atoms with Crippen LogP contribution in [0.15, 0.2) is 48.5 Å². The van der Waals surface area contributed by atoms with E-state index in [2.05, 4.69) is 21.2 Å². The molecule has 0 heterocycles. The van der Waals surface area contributed by atoms with E-state index < -0.39 is 6.09 Å². The van der Waals surface area contributed by atoms with Crippen molar-refractivity contribution in [3.63, 3.8) is 0 Å². The van der Waals surface area contributed by atoms with Gasteiger partial charge in [0.1, 0.15) is 18.2 Å². The molecule has 2 rings (SSSR count). The second-order valence-corrected chi connectivity index (χ2v) is 5.28. The second kappa shape index (κ2) is 8.33. The Bertz CT molecular complexity index is 689. The van der Waals surface area contributed by atoms with E-state index in [1.54, 1.807) is 19.2 Å². The van der Waals surface area contributed by atoms with Crippen molar-refractivity contribution in [2.24, 2.45) is 0 Å². The fourth-order valence-corrected chi connectivity index (χ4v) is 2.41. The molecule has 0 saturated carbocycles. The van der Waals surface area contributed by atoms with Crippen molar-refractivity contribution in [2.75, 3.05) is 7.11 Å². The third kappa shape index (κ3) is 4.82. The van der Waals surface area contributed by atoms with Crippen LogP contribution >= 0.6 is 15.9 Å². The maximum Gasteiger partial charge on any atom is 0.413 e. The van der Waals surface area contributed by atoms with Gasteiger partial charge in [-0.25, -0.2) is 4.79 Å². The molecule has 5 nitrogen and oxygen atoms in total. The zero-order chi connectivity index (χ0) is 16.7. The zero-order valence-corrected chi connectivity index (χ0v) is 14.2. The lowest BCUT2D eigenvalue weighted by molar-refractivity contribution is 0.145. The van der Waals surface area contributed by atoms with Gasteiger partial charge in [0.25, 0.3) is 0 Å². The summed E-state index contributed by atoms with van der Waals surface area (Å²) in [5.41, 5.74) is 2.40. The van der Waals surface area contributed by atoms with Crippen LogP contribution in [0.5, 0.6) is 5.75 Å². The fraction of sp³-hybridized carbons (Fsp3) is 0.176. The summed E-state index contributed by atoms with van der Waals surface area (Å²) in [6.07, 6.45) is -0.664. The van der Waals surface area contributed by atoms with Crippen LogP contribution < -0.4 is 10.1 Å². The molecule has 0 bridgehead atoms. The van der Waals surface area contributed by atoms with Crippen molar-refractivity contribution < 1.29 is 14.3 Å². The molecule has 2 aromatic carbocycles. The Hall–Kier alpha value is -2.34. The van der Waals surface area contributed by atoms with Crippen LogP contribution in [-0.2, 0) is 16.7 Å². The van der Waals surface area contributed by atoms with E-state index in [1.807, 2.05) is 36.4 Å². The Morgan fingerprint density at radius 1 is 1.22 bits per heavy atom. The van der Waals surface area contributed by atoms with Crippen molar-refractivity contribution in [3.05, 3.63) is 65.2 Å². The molecule has 0 unspecified atom stereocenters. The minimum absolute atomic E-state index is 0.0394. The first-order valence-corrected chi connectivity index (χ1v) is 8.05. The van der Waals surface area contributed by atoms with Crippen molar-refractivity contribution in [2.45, 2.75) is 11.9 Å². The van der Waals surface area contributed by atoms with E-state index in [0.717, 1.165) is 11.1 Å². The first-order chi connectivity index (χ1) is 11.1. The molecule has 2 N–H and O–H groups in total. The van der Waals surface area contributed by atoms with Crippen LogP contribution in [0.1, 0.15) is 16.7 Å². The number of rotatable bonds is 5. The van der Waals surface area contributed by atoms with Crippen LogP contribution in [0.2, 0.25) is 0 Å². The molecular weight excluding hydrogens is 360 g/mol. The molecule has 120 valence electrons. The molecular formula is C17H17BrN2O3. The maximum atomic E-state index is 11.8. The monoisotopic (exact) mass is 376 g/mol. The van der Waals surface area contributed by atoms with Crippen molar-refractivity contribution >= 4 is 27.9 Å². The first-order valence-electron chi connectivity index (χ1n) is 6.93.